The van der Waals surface area contributed by atoms with Crippen LogP contribution in [0.2, 0.25) is 0 Å². The van der Waals surface area contributed by atoms with Crippen molar-refractivity contribution in [2.24, 2.45) is 5.73 Å². The number of methoxy groups -OCH3 is 1. The van der Waals surface area contributed by atoms with E-state index in [0.717, 1.165) is 24.8 Å². The van der Waals surface area contributed by atoms with Crippen molar-refractivity contribution >= 4 is 5.97 Å². The highest BCUT2D eigenvalue weighted by atomic mass is 16.5. The third kappa shape index (κ3) is 2.48. The maximum Gasteiger partial charge on any atom is 0.305 e. The molecule has 0 radical (unpaired) electrons. The Morgan fingerprint density at radius 1 is 1.44 bits per heavy atom. The van der Waals surface area contributed by atoms with Crippen molar-refractivity contribution in [2.45, 2.75) is 38.1 Å². The number of carboxylic acid groups (broad SMARTS) is 1. The molecule has 1 aromatic rings. The van der Waals surface area contributed by atoms with Crippen LogP contribution < -0.4 is 10.5 Å². The van der Waals surface area contributed by atoms with E-state index in [4.69, 9.17) is 15.6 Å². The van der Waals surface area contributed by atoms with E-state index in [1.54, 1.807) is 7.11 Å². The topological polar surface area (TPSA) is 72.5 Å². The van der Waals surface area contributed by atoms with Crippen molar-refractivity contribution in [3.05, 3.63) is 28.8 Å². The number of aryl methyl sites for hydroxylation is 1. The Morgan fingerprint density at radius 3 is 2.83 bits per heavy atom. The van der Waals surface area contributed by atoms with Crippen molar-refractivity contribution in [3.8, 4) is 5.75 Å². The Bertz CT molecular complexity index is 457. The van der Waals surface area contributed by atoms with Crippen LogP contribution in [-0.4, -0.2) is 18.2 Å². The molecule has 2 rings (SSSR count). The Labute approximate surface area is 107 Å². The smallest absolute Gasteiger partial charge is 0.305 e. The summed E-state index contributed by atoms with van der Waals surface area (Å²) in [4.78, 5) is 10.8. The van der Waals surface area contributed by atoms with Crippen molar-refractivity contribution in [2.75, 3.05) is 7.11 Å². The maximum atomic E-state index is 10.8. The Hall–Kier alpha value is -1.55. The summed E-state index contributed by atoms with van der Waals surface area (Å²) < 4.78 is 5.34. The highest BCUT2D eigenvalue weighted by Gasteiger charge is 2.23. The zero-order valence-corrected chi connectivity index (χ0v) is 10.6. The lowest BCUT2D eigenvalue weighted by atomic mass is 9.85. The molecule has 4 nitrogen and oxygen atoms in total. The Morgan fingerprint density at radius 2 is 2.17 bits per heavy atom. The van der Waals surface area contributed by atoms with Gasteiger partial charge in [-0.15, -0.1) is 0 Å². The summed E-state index contributed by atoms with van der Waals surface area (Å²) in [6, 6.07) is 3.48. The Kier molecular flexibility index (Phi) is 3.87. The lowest BCUT2D eigenvalue weighted by Crippen LogP contribution is -2.20. The third-order valence-corrected chi connectivity index (χ3v) is 3.52. The summed E-state index contributed by atoms with van der Waals surface area (Å²) in [5.74, 6) is -0.164. The Balaban J connectivity index is 2.44. The van der Waals surface area contributed by atoms with Crippen LogP contribution in [0.4, 0.5) is 0 Å². The van der Waals surface area contributed by atoms with Crippen molar-refractivity contribution < 1.29 is 14.6 Å². The molecular weight excluding hydrogens is 230 g/mol. The van der Waals surface area contributed by atoms with Gasteiger partial charge in [-0.2, -0.15) is 0 Å². The second kappa shape index (κ2) is 5.40. The number of hydrogen-bond acceptors (Lipinski definition) is 3. The molecule has 0 bridgehead atoms. The predicted molar refractivity (Wildman–Crippen MR) is 68.8 cm³/mol. The van der Waals surface area contributed by atoms with E-state index in [1.165, 1.54) is 17.5 Å². The fourth-order valence-electron chi connectivity index (χ4n) is 2.71. The quantitative estimate of drug-likeness (QED) is 0.856. The molecule has 0 aromatic heterocycles. The number of ether oxygens (including phenoxy) is 1. The second-order valence-electron chi connectivity index (χ2n) is 4.73. The van der Waals surface area contributed by atoms with E-state index in [9.17, 15) is 4.79 Å². The molecule has 98 valence electrons. The number of fused-ring (bicyclic) bond motifs is 1. The molecule has 3 N–H and O–H groups in total. The summed E-state index contributed by atoms with van der Waals surface area (Å²) in [5, 5.41) is 8.89. The van der Waals surface area contributed by atoms with Gasteiger partial charge in [-0.05, 0) is 42.9 Å². The molecule has 1 atom stereocenters. The number of hydrogen-bond donors (Lipinski definition) is 2. The van der Waals surface area contributed by atoms with Gasteiger partial charge in [0, 0.05) is 11.6 Å². The minimum Gasteiger partial charge on any atom is -0.496 e. The molecule has 1 aliphatic carbocycles. The standard InChI is InChI=1S/C14H19NO3/c1-18-12-7-6-9-4-2-3-5-10(9)14(12)11(15)8-13(16)17/h6-7,11H,2-5,8,15H2,1H3,(H,16,17). The first-order chi connectivity index (χ1) is 8.63. The molecule has 0 amide bonds. The molecule has 18 heavy (non-hydrogen) atoms. The number of aliphatic carboxylic acids is 1. The van der Waals surface area contributed by atoms with Crippen molar-refractivity contribution in [1.82, 2.24) is 0 Å². The molecule has 0 heterocycles. The average molecular weight is 249 g/mol. The summed E-state index contributed by atoms with van der Waals surface area (Å²) >= 11 is 0. The molecule has 0 aliphatic heterocycles. The molecule has 0 spiro atoms. The van der Waals surface area contributed by atoms with Gasteiger partial charge in [0.25, 0.3) is 0 Å². The minimum absolute atomic E-state index is 0.0627. The second-order valence-corrected chi connectivity index (χ2v) is 4.73. The van der Waals surface area contributed by atoms with E-state index in [1.807, 2.05) is 6.07 Å². The average Bonchev–Trinajstić information content (AvgIpc) is 2.36. The van der Waals surface area contributed by atoms with Crippen LogP contribution in [-0.2, 0) is 17.6 Å². The first-order valence-corrected chi connectivity index (χ1v) is 6.29. The zero-order valence-electron chi connectivity index (χ0n) is 10.6. The summed E-state index contributed by atoms with van der Waals surface area (Å²) in [5.41, 5.74) is 9.41. The van der Waals surface area contributed by atoms with Gasteiger partial charge < -0.3 is 15.6 Å². The molecule has 1 aromatic carbocycles. The van der Waals surface area contributed by atoms with Gasteiger partial charge in [-0.3, -0.25) is 4.79 Å². The van der Waals surface area contributed by atoms with Crippen LogP contribution in [0.1, 0.15) is 42.0 Å². The molecule has 1 aliphatic rings. The lowest BCUT2D eigenvalue weighted by Gasteiger charge is -2.24. The fraction of sp³-hybridized carbons (Fsp3) is 0.500. The number of carbonyl (C=O) groups is 1. The SMILES string of the molecule is COc1ccc2c(c1C(N)CC(=O)O)CCCC2. The van der Waals surface area contributed by atoms with Gasteiger partial charge >= 0.3 is 5.97 Å². The molecule has 1 unspecified atom stereocenters. The van der Waals surface area contributed by atoms with E-state index in [-0.39, 0.29) is 6.42 Å². The minimum atomic E-state index is -0.877. The van der Waals surface area contributed by atoms with Crippen LogP contribution in [0.3, 0.4) is 0 Å². The summed E-state index contributed by atoms with van der Waals surface area (Å²) in [6.45, 7) is 0. The highest BCUT2D eigenvalue weighted by molar-refractivity contribution is 5.68. The monoisotopic (exact) mass is 249 g/mol. The first-order valence-electron chi connectivity index (χ1n) is 6.29. The normalized spacial score (nSPS) is 15.9. The molecule has 4 heteroatoms. The van der Waals surface area contributed by atoms with Crippen LogP contribution in [0.15, 0.2) is 12.1 Å². The van der Waals surface area contributed by atoms with Gasteiger partial charge in [0.15, 0.2) is 0 Å². The van der Waals surface area contributed by atoms with E-state index < -0.39 is 12.0 Å². The number of rotatable bonds is 4. The largest absolute Gasteiger partial charge is 0.496 e. The van der Waals surface area contributed by atoms with Crippen molar-refractivity contribution in [3.63, 3.8) is 0 Å². The van der Waals surface area contributed by atoms with Gasteiger partial charge in [0.2, 0.25) is 0 Å². The fourth-order valence-corrected chi connectivity index (χ4v) is 2.71. The van der Waals surface area contributed by atoms with Gasteiger partial charge in [-0.1, -0.05) is 6.07 Å². The molecule has 0 saturated carbocycles. The predicted octanol–water partition coefficient (Wildman–Crippen LogP) is 2.05. The summed E-state index contributed by atoms with van der Waals surface area (Å²) in [7, 11) is 1.60. The van der Waals surface area contributed by atoms with Crippen LogP contribution in [0.25, 0.3) is 0 Å². The van der Waals surface area contributed by atoms with E-state index in [2.05, 4.69) is 6.07 Å². The van der Waals surface area contributed by atoms with E-state index in [0.29, 0.717) is 5.75 Å². The highest BCUT2D eigenvalue weighted by Crippen LogP contribution is 2.35. The number of carboxylic acids is 1. The van der Waals surface area contributed by atoms with Gasteiger partial charge in [0.05, 0.1) is 13.5 Å². The molecule has 0 saturated heterocycles. The van der Waals surface area contributed by atoms with Gasteiger partial charge in [-0.25, -0.2) is 0 Å². The number of nitrogens with two attached hydrogens (primary N) is 1. The molecule has 0 fully saturated rings. The number of benzene rings is 1. The third-order valence-electron chi connectivity index (χ3n) is 3.52. The van der Waals surface area contributed by atoms with E-state index >= 15 is 0 Å². The molecular formula is C14H19NO3. The first kappa shape index (κ1) is 12.9. The van der Waals surface area contributed by atoms with Crippen molar-refractivity contribution in [1.29, 1.82) is 0 Å². The van der Waals surface area contributed by atoms with Crippen LogP contribution in [0.5, 0.6) is 5.75 Å². The maximum absolute atomic E-state index is 10.8. The van der Waals surface area contributed by atoms with Gasteiger partial charge in [0.1, 0.15) is 5.75 Å². The van der Waals surface area contributed by atoms with Crippen LogP contribution >= 0.6 is 0 Å². The lowest BCUT2D eigenvalue weighted by molar-refractivity contribution is -0.137. The summed E-state index contributed by atoms with van der Waals surface area (Å²) in [6.07, 6.45) is 4.27. The zero-order chi connectivity index (χ0) is 13.1. The van der Waals surface area contributed by atoms with Crippen LogP contribution in [0, 0.1) is 0 Å².